The maximum absolute atomic E-state index is 12.4. The summed E-state index contributed by atoms with van der Waals surface area (Å²) in [5.41, 5.74) is 4.35. The predicted molar refractivity (Wildman–Crippen MR) is 111 cm³/mol. The van der Waals surface area contributed by atoms with Gasteiger partial charge >= 0.3 is 0 Å². The second-order valence-electron chi connectivity index (χ2n) is 6.02. The molecule has 152 valence electrons. The molecule has 0 aliphatic heterocycles. The van der Waals surface area contributed by atoms with Gasteiger partial charge < -0.3 is 23.9 Å². The standard InChI is InChI=1S/C21H23N3O5/c1-5-29-18-7-6-13(8-20(18)28-4)12-22-24-21(25)17-11-15-16(23-17)9-14(26-2)10-19(15)27-3/h6-12,23H,5H2,1-4H3,(H,24,25). The number of carbonyl (C=O) groups is 1. The van der Waals surface area contributed by atoms with Gasteiger partial charge in [-0.25, -0.2) is 5.43 Å². The van der Waals surface area contributed by atoms with Gasteiger partial charge in [0.15, 0.2) is 11.5 Å². The van der Waals surface area contributed by atoms with E-state index in [1.807, 2.05) is 13.0 Å². The summed E-state index contributed by atoms with van der Waals surface area (Å²) in [4.78, 5) is 15.5. The molecule has 0 aliphatic carbocycles. The minimum Gasteiger partial charge on any atom is -0.497 e. The molecule has 0 bridgehead atoms. The molecule has 8 heteroatoms. The zero-order chi connectivity index (χ0) is 20.8. The lowest BCUT2D eigenvalue weighted by Gasteiger charge is -2.09. The highest BCUT2D eigenvalue weighted by Gasteiger charge is 2.13. The van der Waals surface area contributed by atoms with Gasteiger partial charge in [-0.2, -0.15) is 5.10 Å². The highest BCUT2D eigenvalue weighted by molar-refractivity contribution is 6.00. The first-order valence-electron chi connectivity index (χ1n) is 8.98. The van der Waals surface area contributed by atoms with Crippen LogP contribution in [0, 0.1) is 0 Å². The van der Waals surface area contributed by atoms with Crippen LogP contribution in [0.3, 0.4) is 0 Å². The predicted octanol–water partition coefficient (Wildman–Crippen LogP) is 3.36. The third kappa shape index (κ3) is 4.43. The van der Waals surface area contributed by atoms with Crippen LogP contribution in [0.1, 0.15) is 23.0 Å². The minimum atomic E-state index is -0.378. The van der Waals surface area contributed by atoms with Gasteiger partial charge in [-0.1, -0.05) is 0 Å². The molecule has 1 heterocycles. The van der Waals surface area contributed by atoms with Crippen molar-refractivity contribution < 1.29 is 23.7 Å². The number of amides is 1. The van der Waals surface area contributed by atoms with Gasteiger partial charge in [-0.3, -0.25) is 4.79 Å². The molecule has 8 nitrogen and oxygen atoms in total. The van der Waals surface area contributed by atoms with Crippen molar-refractivity contribution in [3.63, 3.8) is 0 Å². The van der Waals surface area contributed by atoms with Gasteiger partial charge in [0.1, 0.15) is 17.2 Å². The molecule has 29 heavy (non-hydrogen) atoms. The second kappa shape index (κ2) is 9.01. The highest BCUT2D eigenvalue weighted by atomic mass is 16.5. The van der Waals surface area contributed by atoms with E-state index < -0.39 is 0 Å². The van der Waals surface area contributed by atoms with Crippen molar-refractivity contribution in [1.29, 1.82) is 0 Å². The SMILES string of the molecule is CCOc1ccc(C=NNC(=O)c2cc3c(OC)cc(OC)cc3[nH]2)cc1OC. The summed E-state index contributed by atoms with van der Waals surface area (Å²) in [6.45, 7) is 2.45. The Morgan fingerprint density at radius 3 is 2.52 bits per heavy atom. The number of aromatic amines is 1. The van der Waals surface area contributed by atoms with Gasteiger partial charge in [-0.05, 0) is 36.8 Å². The first-order valence-corrected chi connectivity index (χ1v) is 8.98. The molecule has 3 aromatic rings. The van der Waals surface area contributed by atoms with E-state index in [0.29, 0.717) is 35.3 Å². The minimum absolute atomic E-state index is 0.355. The topological polar surface area (TPSA) is 94.2 Å². The van der Waals surface area contributed by atoms with Crippen LogP contribution in [0.25, 0.3) is 10.9 Å². The number of fused-ring (bicyclic) bond motifs is 1. The van der Waals surface area contributed by atoms with E-state index in [1.54, 1.807) is 51.7 Å². The Hall–Kier alpha value is -3.68. The zero-order valence-electron chi connectivity index (χ0n) is 16.7. The van der Waals surface area contributed by atoms with Crippen LogP contribution in [-0.2, 0) is 0 Å². The Morgan fingerprint density at radius 2 is 1.83 bits per heavy atom. The summed E-state index contributed by atoms with van der Waals surface area (Å²) >= 11 is 0. The Balaban J connectivity index is 1.75. The molecular weight excluding hydrogens is 374 g/mol. The monoisotopic (exact) mass is 397 g/mol. The molecule has 0 spiro atoms. The van der Waals surface area contributed by atoms with E-state index in [1.165, 1.54) is 6.21 Å². The third-order valence-corrected chi connectivity index (χ3v) is 4.24. The molecule has 3 rings (SSSR count). The first-order chi connectivity index (χ1) is 14.1. The van der Waals surface area contributed by atoms with E-state index in [9.17, 15) is 4.79 Å². The average molecular weight is 397 g/mol. The molecular formula is C21H23N3O5. The Bertz CT molecular complexity index is 1040. The molecule has 2 aromatic carbocycles. The molecule has 0 radical (unpaired) electrons. The van der Waals surface area contributed by atoms with Crippen molar-refractivity contribution in [3.05, 3.63) is 47.7 Å². The first kappa shape index (κ1) is 20.1. The fourth-order valence-corrected chi connectivity index (χ4v) is 2.85. The fourth-order valence-electron chi connectivity index (χ4n) is 2.85. The van der Waals surface area contributed by atoms with Gasteiger partial charge in [0.05, 0.1) is 39.7 Å². The number of hydrogen-bond donors (Lipinski definition) is 2. The van der Waals surface area contributed by atoms with Gasteiger partial charge in [-0.15, -0.1) is 0 Å². The van der Waals surface area contributed by atoms with Crippen molar-refractivity contribution in [2.45, 2.75) is 6.92 Å². The number of rotatable bonds is 8. The largest absolute Gasteiger partial charge is 0.497 e. The molecule has 0 saturated carbocycles. The molecule has 1 amide bonds. The summed E-state index contributed by atoms with van der Waals surface area (Å²) in [5.74, 6) is 2.11. The van der Waals surface area contributed by atoms with Crippen LogP contribution in [0.15, 0.2) is 41.5 Å². The van der Waals surface area contributed by atoms with Crippen LogP contribution < -0.4 is 24.4 Å². The van der Waals surface area contributed by atoms with Crippen molar-refractivity contribution in [1.82, 2.24) is 10.4 Å². The molecule has 0 atom stereocenters. The number of benzene rings is 2. The number of nitrogens with one attached hydrogen (secondary N) is 2. The van der Waals surface area contributed by atoms with Crippen molar-refractivity contribution in [3.8, 4) is 23.0 Å². The highest BCUT2D eigenvalue weighted by Crippen LogP contribution is 2.31. The smallest absolute Gasteiger partial charge is 0.287 e. The lowest BCUT2D eigenvalue weighted by Crippen LogP contribution is -2.17. The molecule has 1 aromatic heterocycles. The molecule has 0 saturated heterocycles. The lowest BCUT2D eigenvalue weighted by molar-refractivity contribution is 0.0951. The Labute approximate surface area is 168 Å². The number of hydrogen-bond acceptors (Lipinski definition) is 6. The normalized spacial score (nSPS) is 10.9. The van der Waals surface area contributed by atoms with Crippen LogP contribution in [0.5, 0.6) is 23.0 Å². The number of methoxy groups -OCH3 is 3. The van der Waals surface area contributed by atoms with E-state index in [2.05, 4.69) is 15.5 Å². The Kier molecular flexibility index (Phi) is 6.23. The summed E-state index contributed by atoms with van der Waals surface area (Å²) in [6, 6.07) is 10.7. The van der Waals surface area contributed by atoms with Gasteiger partial charge in [0.2, 0.25) is 0 Å². The number of nitrogens with zero attached hydrogens (tertiary/aromatic N) is 1. The number of hydrazone groups is 1. The van der Waals surface area contributed by atoms with Gasteiger partial charge in [0.25, 0.3) is 5.91 Å². The van der Waals surface area contributed by atoms with Crippen LogP contribution in [0.2, 0.25) is 0 Å². The molecule has 0 aliphatic rings. The summed E-state index contributed by atoms with van der Waals surface area (Å²) < 4.78 is 21.4. The molecule has 0 unspecified atom stereocenters. The molecule has 0 fully saturated rings. The maximum Gasteiger partial charge on any atom is 0.287 e. The number of aromatic nitrogens is 1. The Morgan fingerprint density at radius 1 is 1.03 bits per heavy atom. The number of carbonyl (C=O) groups excluding carboxylic acids is 1. The number of H-pyrrole nitrogens is 1. The van der Waals surface area contributed by atoms with E-state index in [4.69, 9.17) is 18.9 Å². The fraction of sp³-hybridized carbons (Fsp3) is 0.238. The van der Waals surface area contributed by atoms with Crippen LogP contribution >= 0.6 is 0 Å². The van der Waals surface area contributed by atoms with Gasteiger partial charge in [0, 0.05) is 17.5 Å². The van der Waals surface area contributed by atoms with Crippen LogP contribution in [-0.4, -0.2) is 45.0 Å². The lowest BCUT2D eigenvalue weighted by atomic mass is 10.2. The van der Waals surface area contributed by atoms with E-state index in [0.717, 1.165) is 16.5 Å². The van der Waals surface area contributed by atoms with E-state index in [-0.39, 0.29) is 5.91 Å². The number of ether oxygens (including phenoxy) is 4. The summed E-state index contributed by atoms with van der Waals surface area (Å²) in [5, 5.41) is 4.80. The van der Waals surface area contributed by atoms with Crippen molar-refractivity contribution in [2.24, 2.45) is 5.10 Å². The molecule has 2 N–H and O–H groups in total. The zero-order valence-corrected chi connectivity index (χ0v) is 16.7. The second-order valence-corrected chi connectivity index (χ2v) is 6.02. The summed E-state index contributed by atoms with van der Waals surface area (Å²) in [6.07, 6.45) is 1.53. The van der Waals surface area contributed by atoms with Crippen molar-refractivity contribution in [2.75, 3.05) is 27.9 Å². The van der Waals surface area contributed by atoms with Crippen molar-refractivity contribution >= 4 is 23.0 Å². The quantitative estimate of drug-likeness (QED) is 0.449. The average Bonchev–Trinajstić information content (AvgIpc) is 3.18. The third-order valence-electron chi connectivity index (χ3n) is 4.24. The van der Waals surface area contributed by atoms with E-state index >= 15 is 0 Å². The van der Waals surface area contributed by atoms with Crippen LogP contribution in [0.4, 0.5) is 0 Å². The summed E-state index contributed by atoms with van der Waals surface area (Å²) in [7, 11) is 4.71. The maximum atomic E-state index is 12.4.